The molecule has 1 N–H and O–H groups in total. The van der Waals surface area contributed by atoms with Crippen LogP contribution in [0, 0.1) is 18.3 Å². The van der Waals surface area contributed by atoms with Crippen LogP contribution in [0.3, 0.4) is 0 Å². The number of nitrogens with zero attached hydrogens (tertiary/aromatic N) is 2. The number of rotatable bonds is 1. The van der Waals surface area contributed by atoms with Crippen molar-refractivity contribution in [3.8, 4) is 12.3 Å². The van der Waals surface area contributed by atoms with Crippen molar-refractivity contribution < 1.29 is 4.79 Å². The number of amides is 1. The number of pyridine rings is 2. The van der Waals surface area contributed by atoms with Gasteiger partial charge in [0.05, 0.1) is 0 Å². The van der Waals surface area contributed by atoms with Crippen LogP contribution in [0.1, 0.15) is 6.42 Å². The summed E-state index contributed by atoms with van der Waals surface area (Å²) in [5.74, 6) is 3.01. The van der Waals surface area contributed by atoms with Gasteiger partial charge in [0.2, 0.25) is 11.5 Å². The largest absolute Gasteiger partial charge is 0.307 e. The Kier molecular flexibility index (Phi) is 2.57. The highest BCUT2D eigenvalue weighted by Crippen LogP contribution is 2.24. The van der Waals surface area contributed by atoms with E-state index in [1.165, 1.54) is 6.07 Å². The Morgan fingerprint density at radius 3 is 2.84 bits per heavy atom. The Morgan fingerprint density at radius 2 is 2.11 bits per heavy atom. The number of carbonyl (C=O) groups is 1. The van der Waals surface area contributed by atoms with E-state index in [-0.39, 0.29) is 17.4 Å². The number of fused-ring (bicyclic) bond motifs is 1. The molecule has 1 atom stereocenters. The third-order valence-electron chi connectivity index (χ3n) is 3.20. The Balaban J connectivity index is 2.04. The summed E-state index contributed by atoms with van der Waals surface area (Å²) in [5, 5.41) is 0.823. The number of H-pyrrole nitrogens is 1. The predicted molar refractivity (Wildman–Crippen MR) is 71.7 cm³/mol. The molecule has 1 saturated heterocycles. The SMILES string of the molecule is C#CC1CC(=O)N(c2ccc3ccc(=O)[nH]c3n2)C1. The van der Waals surface area contributed by atoms with Gasteiger partial charge in [-0.15, -0.1) is 12.3 Å². The molecule has 1 unspecified atom stereocenters. The van der Waals surface area contributed by atoms with Gasteiger partial charge in [0, 0.05) is 30.3 Å². The third-order valence-corrected chi connectivity index (χ3v) is 3.20. The van der Waals surface area contributed by atoms with Crippen LogP contribution in [-0.4, -0.2) is 22.4 Å². The molecular weight excluding hydrogens is 242 g/mol. The van der Waals surface area contributed by atoms with Crippen molar-refractivity contribution in [1.82, 2.24) is 9.97 Å². The van der Waals surface area contributed by atoms with E-state index in [4.69, 9.17) is 6.42 Å². The summed E-state index contributed by atoms with van der Waals surface area (Å²) in [7, 11) is 0. The fourth-order valence-electron chi connectivity index (χ4n) is 2.21. The summed E-state index contributed by atoms with van der Waals surface area (Å²) in [5.41, 5.74) is 0.258. The van der Waals surface area contributed by atoms with Crippen LogP contribution in [0.5, 0.6) is 0 Å². The first-order valence-electron chi connectivity index (χ1n) is 5.94. The lowest BCUT2D eigenvalue weighted by Gasteiger charge is -2.14. The molecule has 0 spiro atoms. The van der Waals surface area contributed by atoms with Gasteiger partial charge in [-0.25, -0.2) is 4.98 Å². The number of hydrogen-bond acceptors (Lipinski definition) is 3. The topological polar surface area (TPSA) is 66.1 Å². The van der Waals surface area contributed by atoms with Crippen LogP contribution in [-0.2, 0) is 4.79 Å². The molecule has 1 aliphatic rings. The summed E-state index contributed by atoms with van der Waals surface area (Å²) < 4.78 is 0. The molecular formula is C14H11N3O2. The van der Waals surface area contributed by atoms with Gasteiger partial charge in [0.25, 0.3) is 0 Å². The van der Waals surface area contributed by atoms with E-state index in [0.29, 0.717) is 24.4 Å². The first-order valence-corrected chi connectivity index (χ1v) is 5.94. The lowest BCUT2D eigenvalue weighted by atomic mass is 10.1. The van der Waals surface area contributed by atoms with E-state index in [1.54, 1.807) is 17.0 Å². The van der Waals surface area contributed by atoms with E-state index in [2.05, 4.69) is 15.9 Å². The molecule has 0 bridgehead atoms. The van der Waals surface area contributed by atoms with Crippen molar-refractivity contribution in [2.45, 2.75) is 6.42 Å². The molecule has 0 aromatic carbocycles. The Hall–Kier alpha value is -2.61. The molecule has 1 aliphatic heterocycles. The number of nitrogens with one attached hydrogen (secondary N) is 1. The number of anilines is 1. The van der Waals surface area contributed by atoms with Gasteiger partial charge in [-0.2, -0.15) is 0 Å². The number of aromatic amines is 1. The summed E-state index contributed by atoms with van der Waals surface area (Å²) in [6.45, 7) is 0.477. The fourth-order valence-corrected chi connectivity index (χ4v) is 2.21. The van der Waals surface area contributed by atoms with Crippen molar-refractivity contribution in [1.29, 1.82) is 0 Å². The van der Waals surface area contributed by atoms with E-state index in [9.17, 15) is 9.59 Å². The van der Waals surface area contributed by atoms with Crippen LogP contribution in [0.4, 0.5) is 5.82 Å². The molecule has 0 aliphatic carbocycles. The van der Waals surface area contributed by atoms with E-state index in [1.807, 2.05) is 6.07 Å². The predicted octanol–water partition coefficient (Wildman–Crippen LogP) is 0.909. The van der Waals surface area contributed by atoms with Gasteiger partial charge in [0.1, 0.15) is 11.5 Å². The molecule has 2 aromatic heterocycles. The molecule has 0 saturated carbocycles. The molecule has 3 heterocycles. The van der Waals surface area contributed by atoms with Crippen LogP contribution >= 0.6 is 0 Å². The minimum Gasteiger partial charge on any atom is -0.307 e. The van der Waals surface area contributed by atoms with Crippen molar-refractivity contribution in [2.24, 2.45) is 5.92 Å². The Bertz CT molecular complexity index is 757. The standard InChI is InChI=1S/C14H11N3O2/c1-2-9-7-13(19)17(8-9)11-5-3-10-4-6-12(18)16-14(10)15-11/h1,3-6,9H,7-8H2,(H,15,16,18). The number of hydrogen-bond donors (Lipinski definition) is 1. The Labute approximate surface area is 109 Å². The van der Waals surface area contributed by atoms with E-state index >= 15 is 0 Å². The first kappa shape index (κ1) is 11.5. The van der Waals surface area contributed by atoms with Crippen LogP contribution in [0.15, 0.2) is 29.1 Å². The van der Waals surface area contributed by atoms with Crippen LogP contribution < -0.4 is 10.5 Å². The summed E-state index contributed by atoms with van der Waals surface area (Å²) in [6.07, 6.45) is 5.70. The fraction of sp³-hybridized carbons (Fsp3) is 0.214. The lowest BCUT2D eigenvalue weighted by molar-refractivity contribution is -0.117. The molecule has 2 aromatic rings. The van der Waals surface area contributed by atoms with Crippen molar-refractivity contribution in [3.05, 3.63) is 34.6 Å². The van der Waals surface area contributed by atoms with Gasteiger partial charge in [0.15, 0.2) is 0 Å². The third kappa shape index (κ3) is 1.97. The zero-order valence-corrected chi connectivity index (χ0v) is 10.1. The molecule has 19 heavy (non-hydrogen) atoms. The zero-order chi connectivity index (χ0) is 13.4. The smallest absolute Gasteiger partial charge is 0.249 e. The number of terminal acetylenes is 1. The highest BCUT2D eigenvalue weighted by Gasteiger charge is 2.30. The molecule has 5 nitrogen and oxygen atoms in total. The summed E-state index contributed by atoms with van der Waals surface area (Å²) in [6, 6.07) is 6.72. The quantitative estimate of drug-likeness (QED) is 0.768. The molecule has 0 radical (unpaired) electrons. The lowest BCUT2D eigenvalue weighted by Crippen LogP contribution is -2.25. The van der Waals surface area contributed by atoms with Gasteiger partial charge >= 0.3 is 0 Å². The van der Waals surface area contributed by atoms with Crippen molar-refractivity contribution >= 4 is 22.8 Å². The molecule has 5 heteroatoms. The van der Waals surface area contributed by atoms with Crippen LogP contribution in [0.2, 0.25) is 0 Å². The van der Waals surface area contributed by atoms with E-state index < -0.39 is 0 Å². The maximum atomic E-state index is 11.9. The monoisotopic (exact) mass is 253 g/mol. The van der Waals surface area contributed by atoms with Crippen LogP contribution in [0.25, 0.3) is 11.0 Å². The highest BCUT2D eigenvalue weighted by atomic mass is 16.2. The minimum absolute atomic E-state index is 0.0342. The second-order valence-corrected chi connectivity index (χ2v) is 4.50. The van der Waals surface area contributed by atoms with Crippen molar-refractivity contribution in [3.63, 3.8) is 0 Å². The van der Waals surface area contributed by atoms with Gasteiger partial charge < -0.3 is 4.98 Å². The molecule has 1 amide bonds. The normalized spacial score (nSPS) is 18.8. The number of carbonyl (C=O) groups excluding carboxylic acids is 1. The maximum Gasteiger partial charge on any atom is 0.249 e. The zero-order valence-electron chi connectivity index (χ0n) is 10.1. The van der Waals surface area contributed by atoms with Gasteiger partial charge in [-0.1, -0.05) is 0 Å². The second-order valence-electron chi connectivity index (χ2n) is 4.50. The van der Waals surface area contributed by atoms with E-state index in [0.717, 1.165) is 5.39 Å². The molecule has 3 rings (SSSR count). The highest BCUT2D eigenvalue weighted by molar-refractivity contribution is 5.96. The van der Waals surface area contributed by atoms with Crippen molar-refractivity contribution in [2.75, 3.05) is 11.4 Å². The van der Waals surface area contributed by atoms with Gasteiger partial charge in [-0.3, -0.25) is 14.5 Å². The summed E-state index contributed by atoms with van der Waals surface area (Å²) >= 11 is 0. The number of aromatic nitrogens is 2. The molecule has 1 fully saturated rings. The summed E-state index contributed by atoms with van der Waals surface area (Å²) in [4.78, 5) is 31.7. The maximum absolute atomic E-state index is 11.9. The second kappa shape index (κ2) is 4.25. The first-order chi connectivity index (χ1) is 9.17. The Morgan fingerprint density at radius 1 is 1.32 bits per heavy atom. The average Bonchev–Trinajstić information content (AvgIpc) is 2.79. The molecule has 94 valence electrons. The van der Waals surface area contributed by atoms with Gasteiger partial charge in [-0.05, 0) is 18.2 Å². The average molecular weight is 253 g/mol. The minimum atomic E-state index is -0.216.